The van der Waals surface area contributed by atoms with E-state index in [2.05, 4.69) is 36.6 Å². The van der Waals surface area contributed by atoms with E-state index in [0.717, 1.165) is 33.6 Å². The predicted octanol–water partition coefficient (Wildman–Crippen LogP) is 5.00. The van der Waals surface area contributed by atoms with Crippen molar-refractivity contribution in [1.29, 1.82) is 0 Å². The van der Waals surface area contributed by atoms with Gasteiger partial charge in [-0.3, -0.25) is 33.7 Å². The van der Waals surface area contributed by atoms with Gasteiger partial charge in [-0.1, -0.05) is 49.4 Å². The standard InChI is InChI=1S/C65H79ClN14O17/c1-40(2)58(72-63(89)95-31-30-94-28-24-79-54(83)17-18-55(79)84)51(82)32-43(9-7-19-68-62(67)88)59(85)69-45-13-11-42(12-14-45)39-96-64(90)75(4)20-21-76(22-27-93-29-25-81)65(91)97-52-33-50-57(56-41(3)8-6-10-47(52)56)44(34-66)35-80(50)61(87)49-37-77-36-46(15-16-53(77)71-49)70-60(86)48-38-78(74-73-48)23-26-92-5/h6,8,10-18,33,36-38,40,43-44,58,81H,7,9,19-32,34-35,39H2,1-5H3,(H,69,85)(H,70,86)(H,72,89)(H3,67,68,88)/t43-,44-,58+/m1/s1. The summed E-state index contributed by atoms with van der Waals surface area (Å²) in [6, 6.07) is 15.1. The first kappa shape index (κ1) is 72.7. The molecule has 0 fully saturated rings. The van der Waals surface area contributed by atoms with E-state index in [-0.39, 0.29) is 134 Å². The van der Waals surface area contributed by atoms with E-state index in [1.165, 1.54) is 27.7 Å². The Kier molecular flexibility index (Phi) is 26.3. The molecule has 3 aromatic heterocycles. The second kappa shape index (κ2) is 35.1. The number of nitrogens with one attached hydrogen (secondary N) is 4. The Balaban J connectivity index is 0.868. The Morgan fingerprint density at radius 2 is 1.58 bits per heavy atom. The normalized spacial score (nSPS) is 14.0. The average Bonchev–Trinajstić information content (AvgIpc) is 1.62. The first-order valence-electron chi connectivity index (χ1n) is 31.3. The number of aromatic nitrogens is 5. The number of Topliss-reactive ketones (excluding diaryl/α,β-unsaturated/α-hetero) is 1. The molecule has 0 radical (unpaired) electrons. The molecule has 0 saturated carbocycles. The first-order chi connectivity index (χ1) is 46.7. The number of primary amides is 1. The fourth-order valence-electron chi connectivity index (χ4n) is 10.8. The number of urea groups is 1. The van der Waals surface area contributed by atoms with Crippen LogP contribution in [0.4, 0.5) is 36.2 Å². The van der Waals surface area contributed by atoms with Gasteiger partial charge < -0.3 is 79.6 Å². The van der Waals surface area contributed by atoms with Crippen molar-refractivity contribution >= 4 is 105 Å². The van der Waals surface area contributed by atoms with Crippen molar-refractivity contribution in [3.8, 4) is 5.75 Å². The second-order valence-electron chi connectivity index (χ2n) is 23.1. The van der Waals surface area contributed by atoms with Crippen molar-refractivity contribution in [2.45, 2.75) is 65.1 Å². The fraction of sp³-hybridized carbons (Fsp3) is 0.431. The van der Waals surface area contributed by atoms with Crippen LogP contribution in [0.2, 0.25) is 0 Å². The van der Waals surface area contributed by atoms with Gasteiger partial charge in [0.15, 0.2) is 11.5 Å². The number of nitrogens with two attached hydrogens (primary N) is 1. The fourth-order valence-corrected chi connectivity index (χ4v) is 11.0. The molecular formula is C65H79ClN14O17. The summed E-state index contributed by atoms with van der Waals surface area (Å²) in [4.78, 5) is 141. The summed E-state index contributed by atoms with van der Waals surface area (Å²) in [5, 5.41) is 29.3. The monoisotopic (exact) mass is 1360 g/mol. The number of carbonyl (C=O) groups excluding carboxylic acids is 10. The molecule has 518 valence electrons. The number of carbonyl (C=O) groups is 10. The predicted molar refractivity (Wildman–Crippen MR) is 352 cm³/mol. The number of nitrogens with zero attached hydrogens (tertiary/aromatic N) is 9. The molecule has 0 saturated heterocycles. The van der Waals surface area contributed by atoms with E-state index in [1.54, 1.807) is 85.1 Å². The van der Waals surface area contributed by atoms with Gasteiger partial charge in [-0.25, -0.2) is 28.8 Å². The summed E-state index contributed by atoms with van der Waals surface area (Å²) in [7, 11) is 3.05. The van der Waals surface area contributed by atoms with Crippen LogP contribution in [0, 0.1) is 18.8 Å². The number of rotatable bonds is 35. The lowest BCUT2D eigenvalue weighted by molar-refractivity contribution is -0.137. The van der Waals surface area contributed by atoms with Gasteiger partial charge in [0.1, 0.15) is 30.3 Å². The number of pyridine rings is 1. The van der Waals surface area contributed by atoms with E-state index in [4.69, 9.17) is 45.8 Å². The zero-order valence-corrected chi connectivity index (χ0v) is 55.1. The molecule has 3 atom stereocenters. The summed E-state index contributed by atoms with van der Waals surface area (Å²) in [6.07, 6.45) is 4.72. The van der Waals surface area contributed by atoms with Crippen LogP contribution in [0.5, 0.6) is 5.75 Å². The highest BCUT2D eigenvalue weighted by atomic mass is 35.5. The van der Waals surface area contributed by atoms with Crippen molar-refractivity contribution in [2.24, 2.45) is 17.6 Å². The molecular weight excluding hydrogens is 1280 g/mol. The Bertz CT molecular complexity index is 3840. The van der Waals surface area contributed by atoms with Crippen LogP contribution < -0.4 is 36.6 Å². The zero-order valence-electron chi connectivity index (χ0n) is 54.4. The van der Waals surface area contributed by atoms with Gasteiger partial charge >= 0.3 is 24.3 Å². The highest BCUT2D eigenvalue weighted by Crippen LogP contribution is 2.47. The number of aliphatic hydroxyl groups excluding tert-OH is 1. The quantitative estimate of drug-likeness (QED) is 0.0173. The zero-order chi connectivity index (χ0) is 69.7. The molecule has 97 heavy (non-hydrogen) atoms. The number of hydrogen-bond acceptors (Lipinski definition) is 20. The number of hydrogen-bond donors (Lipinski definition) is 6. The number of amides is 10. The largest absolute Gasteiger partial charge is 0.447 e. The topological polar surface area (TPSA) is 381 Å². The number of benzene rings is 3. The number of imidazole rings is 1. The highest BCUT2D eigenvalue weighted by molar-refractivity contribution is 6.19. The van der Waals surface area contributed by atoms with Gasteiger partial charge in [0.2, 0.25) is 5.91 Å². The molecule has 8 rings (SSSR count). The number of ketones is 1. The Morgan fingerprint density at radius 1 is 0.825 bits per heavy atom. The van der Waals surface area contributed by atoms with Gasteiger partial charge in [0, 0.05) is 113 Å². The lowest BCUT2D eigenvalue weighted by atomic mass is 9.89. The number of anilines is 3. The Labute approximate surface area is 562 Å². The van der Waals surface area contributed by atoms with Crippen LogP contribution in [0.1, 0.15) is 76.7 Å². The molecule has 0 unspecified atom stereocenters. The third-order valence-electron chi connectivity index (χ3n) is 15.9. The van der Waals surface area contributed by atoms with E-state index in [9.17, 15) is 53.1 Å². The maximum atomic E-state index is 14.7. The highest BCUT2D eigenvalue weighted by Gasteiger charge is 2.38. The van der Waals surface area contributed by atoms with Crippen LogP contribution in [-0.4, -0.2) is 215 Å². The minimum absolute atomic E-state index is 0.00263. The number of methoxy groups -OCH3 is 1. The van der Waals surface area contributed by atoms with Crippen molar-refractivity contribution in [2.75, 3.05) is 121 Å². The van der Waals surface area contributed by atoms with Gasteiger partial charge in [0.25, 0.3) is 23.6 Å². The van der Waals surface area contributed by atoms with E-state index in [0.29, 0.717) is 46.8 Å². The minimum Gasteiger partial charge on any atom is -0.447 e. The number of aliphatic hydroxyl groups is 1. The molecule has 10 amide bonds. The number of fused-ring (bicyclic) bond motifs is 4. The van der Waals surface area contributed by atoms with Crippen molar-refractivity contribution in [3.63, 3.8) is 0 Å². The summed E-state index contributed by atoms with van der Waals surface area (Å²) in [6.45, 7) is 5.74. The molecule has 7 N–H and O–H groups in total. The number of halogens is 1. The van der Waals surface area contributed by atoms with Gasteiger partial charge in [0.05, 0.1) is 76.3 Å². The second-order valence-corrected chi connectivity index (χ2v) is 23.4. The first-order valence-corrected chi connectivity index (χ1v) is 31.9. The molecule has 6 aromatic rings. The third-order valence-corrected chi connectivity index (χ3v) is 16.2. The van der Waals surface area contributed by atoms with E-state index in [1.807, 2.05) is 25.1 Å². The number of alkyl carbamates (subject to hydrolysis) is 1. The number of likely N-dealkylation sites (N-methyl/N-ethyl adjacent to an activating group) is 1. The number of ether oxygens (including phenoxy) is 6. The maximum Gasteiger partial charge on any atom is 0.415 e. The lowest BCUT2D eigenvalue weighted by Gasteiger charge is -2.26. The van der Waals surface area contributed by atoms with Gasteiger partial charge in [-0.05, 0) is 72.0 Å². The summed E-state index contributed by atoms with van der Waals surface area (Å²) in [5.74, 6) is -4.15. The lowest BCUT2D eigenvalue weighted by Crippen LogP contribution is -2.46. The van der Waals surface area contributed by atoms with Crippen LogP contribution in [0.15, 0.2) is 91.4 Å². The average molecular weight is 1360 g/mol. The maximum absolute atomic E-state index is 14.7. The summed E-state index contributed by atoms with van der Waals surface area (Å²) in [5.41, 5.74) is 9.27. The number of imide groups is 1. The van der Waals surface area contributed by atoms with E-state index >= 15 is 0 Å². The number of alkyl halides is 1. The van der Waals surface area contributed by atoms with Crippen LogP contribution in [-0.2, 0) is 56.0 Å². The van der Waals surface area contributed by atoms with Crippen molar-refractivity contribution in [1.82, 2.24) is 49.7 Å². The molecule has 31 nitrogen and oxygen atoms in total. The molecule has 32 heteroatoms. The SMILES string of the molecule is COCCn1cc(C(=O)Nc2ccc3nc(C(=O)N4C[C@@H](CCl)c5c4cc(OC(=O)N(CCOCCO)CCN(C)C(=O)OCc4ccc(NC(=O)[C@H](CCCNC(N)=O)CC(=O)[C@@H](NC(=O)OCCOCCN6C(=O)C=CC6=O)C(C)C)cc4)c4cccc(C)c54)cn3c2)nn1. The molecule has 2 aliphatic heterocycles. The molecule has 0 bridgehead atoms. The number of aryl methyl sites for hydroxylation is 1. The van der Waals surface area contributed by atoms with Crippen LogP contribution >= 0.6 is 11.6 Å². The summed E-state index contributed by atoms with van der Waals surface area (Å²) >= 11 is 6.66. The van der Waals surface area contributed by atoms with Gasteiger partial charge in [-0.15, -0.1) is 16.7 Å². The Hall–Kier alpha value is -10.1. The molecule has 2 aliphatic rings. The van der Waals surface area contributed by atoms with Crippen molar-refractivity contribution < 1.29 is 81.5 Å². The van der Waals surface area contributed by atoms with Gasteiger partial charge in [-0.2, -0.15) is 0 Å². The Morgan fingerprint density at radius 3 is 2.30 bits per heavy atom. The van der Waals surface area contributed by atoms with Crippen LogP contribution in [0.3, 0.4) is 0 Å². The summed E-state index contributed by atoms with van der Waals surface area (Å²) < 4.78 is 36.2. The molecule has 0 aliphatic carbocycles. The third kappa shape index (κ3) is 19.8. The minimum atomic E-state index is -1.04. The van der Waals surface area contributed by atoms with Crippen LogP contribution in [0.25, 0.3) is 16.4 Å². The smallest absolute Gasteiger partial charge is 0.415 e. The van der Waals surface area contributed by atoms with E-state index < -0.39 is 77.5 Å². The molecule has 3 aromatic carbocycles. The van der Waals surface area contributed by atoms with Crippen molar-refractivity contribution in [3.05, 3.63) is 119 Å². The molecule has 5 heterocycles. The molecule has 0 spiro atoms.